The fraction of sp³-hybridized carbons (Fsp3) is 1.00. The molecule has 1 saturated heterocycles. The first-order valence-corrected chi connectivity index (χ1v) is 4.23. The molecule has 0 bridgehead atoms. The third kappa shape index (κ3) is 2.71. The van der Waals surface area contributed by atoms with Crippen LogP contribution in [0.3, 0.4) is 0 Å². The molecule has 0 radical (unpaired) electrons. The van der Waals surface area contributed by atoms with Crippen molar-refractivity contribution in [3.05, 3.63) is 0 Å². The Hall–Kier alpha value is -0.160. The second-order valence-corrected chi connectivity index (χ2v) is 3.58. The van der Waals surface area contributed by atoms with Crippen LogP contribution in [0.1, 0.15) is 20.3 Å². The van der Waals surface area contributed by atoms with Crippen molar-refractivity contribution < 1.29 is 14.6 Å². The highest BCUT2D eigenvalue weighted by Crippen LogP contribution is 2.24. The second kappa shape index (κ2) is 3.70. The second-order valence-electron chi connectivity index (χ2n) is 3.58. The Bertz CT molecular complexity index is 149. The lowest BCUT2D eigenvalue weighted by Crippen LogP contribution is -2.28. The van der Waals surface area contributed by atoms with Crippen molar-refractivity contribution in [2.45, 2.75) is 38.3 Å². The first-order chi connectivity index (χ1) is 5.53. The molecule has 1 aliphatic heterocycles. The summed E-state index contributed by atoms with van der Waals surface area (Å²) in [7, 11) is 0. The number of ether oxygens (including phenoxy) is 2. The maximum Gasteiger partial charge on any atom is 0.163 e. The predicted molar refractivity (Wildman–Crippen MR) is 44.6 cm³/mol. The Labute approximate surface area is 72.6 Å². The van der Waals surface area contributed by atoms with Gasteiger partial charge < -0.3 is 20.3 Å². The molecule has 1 aliphatic rings. The van der Waals surface area contributed by atoms with E-state index in [1.54, 1.807) is 0 Å². The van der Waals surface area contributed by atoms with E-state index in [0.717, 1.165) is 0 Å². The first kappa shape index (κ1) is 9.92. The van der Waals surface area contributed by atoms with Crippen molar-refractivity contribution in [3.8, 4) is 0 Å². The van der Waals surface area contributed by atoms with Gasteiger partial charge in [0.05, 0.1) is 18.8 Å². The van der Waals surface area contributed by atoms with Gasteiger partial charge in [0.1, 0.15) is 0 Å². The van der Waals surface area contributed by atoms with Gasteiger partial charge in [-0.25, -0.2) is 0 Å². The smallest absolute Gasteiger partial charge is 0.163 e. The molecule has 0 saturated carbocycles. The fourth-order valence-electron chi connectivity index (χ4n) is 1.28. The predicted octanol–water partition coefficient (Wildman–Crippen LogP) is -0.152. The minimum atomic E-state index is -0.501. The van der Waals surface area contributed by atoms with Gasteiger partial charge in [0.15, 0.2) is 5.79 Å². The summed E-state index contributed by atoms with van der Waals surface area (Å²) < 4.78 is 10.8. The number of hydrogen-bond donors (Lipinski definition) is 2. The van der Waals surface area contributed by atoms with Gasteiger partial charge in [-0.1, -0.05) is 0 Å². The molecule has 12 heavy (non-hydrogen) atoms. The van der Waals surface area contributed by atoms with E-state index in [-0.39, 0.29) is 12.6 Å². The molecule has 1 rings (SSSR count). The quantitative estimate of drug-likeness (QED) is 0.626. The SMILES string of the molecule is CC1(C)OCC(CC(O)CN)O1. The average molecular weight is 175 g/mol. The topological polar surface area (TPSA) is 64.7 Å². The Morgan fingerprint density at radius 3 is 2.75 bits per heavy atom. The molecule has 0 aromatic carbocycles. The van der Waals surface area contributed by atoms with E-state index in [0.29, 0.717) is 13.0 Å². The van der Waals surface area contributed by atoms with Crippen molar-refractivity contribution in [2.75, 3.05) is 13.2 Å². The molecule has 4 nitrogen and oxygen atoms in total. The van der Waals surface area contributed by atoms with Crippen LogP contribution in [0.5, 0.6) is 0 Å². The summed E-state index contributed by atoms with van der Waals surface area (Å²) in [5, 5.41) is 9.23. The van der Waals surface area contributed by atoms with Crippen LogP contribution in [0.2, 0.25) is 0 Å². The van der Waals surface area contributed by atoms with E-state index in [1.807, 2.05) is 13.8 Å². The molecule has 0 aromatic rings. The molecule has 0 spiro atoms. The molecule has 2 unspecified atom stereocenters. The molecule has 72 valence electrons. The lowest BCUT2D eigenvalue weighted by Gasteiger charge is -2.18. The molecule has 4 heteroatoms. The zero-order valence-electron chi connectivity index (χ0n) is 7.62. The minimum absolute atomic E-state index is 0.0152. The highest BCUT2D eigenvalue weighted by Gasteiger charge is 2.33. The van der Waals surface area contributed by atoms with Crippen LogP contribution in [0.4, 0.5) is 0 Å². The highest BCUT2D eigenvalue weighted by molar-refractivity contribution is 4.73. The van der Waals surface area contributed by atoms with Gasteiger partial charge in [-0.15, -0.1) is 0 Å². The van der Waals surface area contributed by atoms with Crippen LogP contribution in [0.25, 0.3) is 0 Å². The Kier molecular flexibility index (Phi) is 3.06. The number of nitrogens with two attached hydrogens (primary N) is 1. The first-order valence-electron chi connectivity index (χ1n) is 4.23. The third-order valence-corrected chi connectivity index (χ3v) is 1.87. The lowest BCUT2D eigenvalue weighted by molar-refractivity contribution is -0.141. The van der Waals surface area contributed by atoms with E-state index in [9.17, 15) is 5.11 Å². The summed E-state index contributed by atoms with van der Waals surface area (Å²) in [6, 6.07) is 0. The summed E-state index contributed by atoms with van der Waals surface area (Å²) in [6.45, 7) is 4.55. The van der Waals surface area contributed by atoms with Crippen LogP contribution >= 0.6 is 0 Å². The summed E-state index contributed by atoms with van der Waals surface area (Å²) >= 11 is 0. The zero-order chi connectivity index (χ0) is 9.19. The average Bonchev–Trinajstić information content (AvgIpc) is 2.30. The summed E-state index contributed by atoms with van der Waals surface area (Å²) in [6.07, 6.45) is 0.0611. The Balaban J connectivity index is 2.28. The van der Waals surface area contributed by atoms with Gasteiger partial charge in [-0.2, -0.15) is 0 Å². The molecule has 2 atom stereocenters. The number of hydrogen-bond acceptors (Lipinski definition) is 4. The van der Waals surface area contributed by atoms with Crippen LogP contribution in [0.15, 0.2) is 0 Å². The van der Waals surface area contributed by atoms with Crippen LogP contribution in [0, 0.1) is 0 Å². The Morgan fingerprint density at radius 2 is 2.33 bits per heavy atom. The maximum atomic E-state index is 9.23. The van der Waals surface area contributed by atoms with Gasteiger partial charge >= 0.3 is 0 Å². The van der Waals surface area contributed by atoms with E-state index in [2.05, 4.69) is 0 Å². The Morgan fingerprint density at radius 1 is 1.67 bits per heavy atom. The molecule has 1 heterocycles. The van der Waals surface area contributed by atoms with Crippen molar-refractivity contribution >= 4 is 0 Å². The van der Waals surface area contributed by atoms with Crippen LogP contribution in [-0.4, -0.2) is 36.3 Å². The normalized spacial score (nSPS) is 30.5. The third-order valence-electron chi connectivity index (χ3n) is 1.87. The summed E-state index contributed by atoms with van der Waals surface area (Å²) in [5.74, 6) is -0.501. The minimum Gasteiger partial charge on any atom is -0.392 e. The van der Waals surface area contributed by atoms with Crippen molar-refractivity contribution in [1.29, 1.82) is 0 Å². The number of aliphatic hydroxyl groups is 1. The largest absolute Gasteiger partial charge is 0.392 e. The van der Waals surface area contributed by atoms with Gasteiger partial charge in [0.25, 0.3) is 0 Å². The van der Waals surface area contributed by atoms with E-state index >= 15 is 0 Å². The van der Waals surface area contributed by atoms with Crippen LogP contribution < -0.4 is 5.73 Å². The van der Waals surface area contributed by atoms with Crippen LogP contribution in [-0.2, 0) is 9.47 Å². The number of aliphatic hydroxyl groups excluding tert-OH is 1. The molecular weight excluding hydrogens is 158 g/mol. The van der Waals surface area contributed by atoms with Gasteiger partial charge in [-0.3, -0.25) is 0 Å². The van der Waals surface area contributed by atoms with Crippen molar-refractivity contribution in [2.24, 2.45) is 5.73 Å². The highest BCUT2D eigenvalue weighted by atomic mass is 16.7. The van der Waals surface area contributed by atoms with Crippen molar-refractivity contribution in [1.82, 2.24) is 0 Å². The maximum absolute atomic E-state index is 9.23. The molecular formula is C8H17NO3. The summed E-state index contributed by atoms with van der Waals surface area (Å²) in [5.41, 5.74) is 5.27. The van der Waals surface area contributed by atoms with E-state index in [1.165, 1.54) is 0 Å². The molecule has 1 fully saturated rings. The van der Waals surface area contributed by atoms with E-state index in [4.69, 9.17) is 15.2 Å². The van der Waals surface area contributed by atoms with Gasteiger partial charge in [-0.05, 0) is 13.8 Å². The molecule has 0 amide bonds. The molecule has 3 N–H and O–H groups in total. The summed E-state index contributed by atoms with van der Waals surface area (Å²) in [4.78, 5) is 0. The standard InChI is InChI=1S/C8H17NO3/c1-8(2)11-5-7(12-8)3-6(10)4-9/h6-7,10H,3-5,9H2,1-2H3. The van der Waals surface area contributed by atoms with E-state index < -0.39 is 11.9 Å². The monoisotopic (exact) mass is 175 g/mol. The van der Waals surface area contributed by atoms with Gasteiger partial charge in [0.2, 0.25) is 0 Å². The number of rotatable bonds is 3. The lowest BCUT2D eigenvalue weighted by atomic mass is 10.2. The van der Waals surface area contributed by atoms with Gasteiger partial charge in [0, 0.05) is 13.0 Å². The molecule has 0 aliphatic carbocycles. The van der Waals surface area contributed by atoms with Crippen molar-refractivity contribution in [3.63, 3.8) is 0 Å². The zero-order valence-corrected chi connectivity index (χ0v) is 7.62. The molecule has 0 aromatic heterocycles. The fourth-order valence-corrected chi connectivity index (χ4v) is 1.28.